The number of pyridine rings is 1. The SMILES string of the molecule is O=[N+]([O-])c1ccc(NC2CCN(CCCOc3cccc(Cl)c3)C2)nc1. The van der Waals surface area contributed by atoms with Gasteiger partial charge in [0.15, 0.2) is 0 Å². The van der Waals surface area contributed by atoms with Crippen molar-refractivity contribution in [1.82, 2.24) is 9.88 Å². The van der Waals surface area contributed by atoms with Crippen LogP contribution in [0, 0.1) is 10.1 Å². The molecule has 2 heterocycles. The van der Waals surface area contributed by atoms with Gasteiger partial charge < -0.3 is 15.0 Å². The van der Waals surface area contributed by atoms with Crippen molar-refractivity contribution in [3.63, 3.8) is 0 Å². The van der Waals surface area contributed by atoms with E-state index in [-0.39, 0.29) is 5.69 Å². The van der Waals surface area contributed by atoms with Crippen LogP contribution in [0.3, 0.4) is 0 Å². The molecule has 0 aliphatic carbocycles. The van der Waals surface area contributed by atoms with Gasteiger partial charge >= 0.3 is 0 Å². The molecule has 1 aliphatic rings. The van der Waals surface area contributed by atoms with Crippen molar-refractivity contribution in [2.75, 3.05) is 31.6 Å². The Hall–Kier alpha value is -2.38. The Labute approximate surface area is 157 Å². The third-order valence-electron chi connectivity index (χ3n) is 4.27. The molecule has 0 spiro atoms. The van der Waals surface area contributed by atoms with Gasteiger partial charge in [0, 0.05) is 36.8 Å². The molecule has 8 heteroatoms. The highest BCUT2D eigenvalue weighted by atomic mass is 35.5. The van der Waals surface area contributed by atoms with Crippen LogP contribution >= 0.6 is 11.6 Å². The maximum atomic E-state index is 10.7. The van der Waals surface area contributed by atoms with Crippen LogP contribution in [0.2, 0.25) is 5.02 Å². The summed E-state index contributed by atoms with van der Waals surface area (Å²) in [6, 6.07) is 10.8. The summed E-state index contributed by atoms with van der Waals surface area (Å²) >= 11 is 5.93. The molecule has 3 rings (SSSR count). The number of benzene rings is 1. The van der Waals surface area contributed by atoms with Crippen LogP contribution in [0.15, 0.2) is 42.6 Å². The van der Waals surface area contributed by atoms with Crippen LogP contribution in [0.4, 0.5) is 11.5 Å². The molecular formula is C18H21ClN4O3. The molecule has 1 N–H and O–H groups in total. The number of ether oxygens (including phenoxy) is 1. The van der Waals surface area contributed by atoms with E-state index < -0.39 is 4.92 Å². The Morgan fingerprint density at radius 1 is 1.38 bits per heavy atom. The monoisotopic (exact) mass is 376 g/mol. The van der Waals surface area contributed by atoms with Crippen LogP contribution in [0.25, 0.3) is 0 Å². The first-order chi connectivity index (χ1) is 12.6. The number of hydrogen-bond acceptors (Lipinski definition) is 6. The fourth-order valence-corrected chi connectivity index (χ4v) is 3.16. The largest absolute Gasteiger partial charge is 0.493 e. The van der Waals surface area contributed by atoms with Gasteiger partial charge in [-0.05, 0) is 37.1 Å². The number of rotatable bonds is 8. The lowest BCUT2D eigenvalue weighted by molar-refractivity contribution is -0.385. The molecule has 1 fully saturated rings. The fourth-order valence-electron chi connectivity index (χ4n) is 2.98. The Morgan fingerprint density at radius 3 is 3.00 bits per heavy atom. The molecular weight excluding hydrogens is 356 g/mol. The molecule has 1 aromatic carbocycles. The van der Waals surface area contributed by atoms with E-state index in [0.29, 0.717) is 23.5 Å². The van der Waals surface area contributed by atoms with Gasteiger partial charge in [-0.25, -0.2) is 4.98 Å². The number of aromatic nitrogens is 1. The lowest BCUT2D eigenvalue weighted by Crippen LogP contribution is -2.28. The molecule has 138 valence electrons. The van der Waals surface area contributed by atoms with E-state index in [1.807, 2.05) is 24.3 Å². The third-order valence-corrected chi connectivity index (χ3v) is 4.50. The average molecular weight is 377 g/mol. The lowest BCUT2D eigenvalue weighted by atomic mass is 10.2. The van der Waals surface area contributed by atoms with Crippen molar-refractivity contribution in [2.24, 2.45) is 0 Å². The molecule has 0 amide bonds. The minimum atomic E-state index is -0.445. The van der Waals surface area contributed by atoms with Crippen molar-refractivity contribution < 1.29 is 9.66 Å². The maximum Gasteiger partial charge on any atom is 0.287 e. The minimum absolute atomic E-state index is 0.00306. The fraction of sp³-hybridized carbons (Fsp3) is 0.389. The first kappa shape index (κ1) is 18.4. The zero-order chi connectivity index (χ0) is 18.4. The van der Waals surface area contributed by atoms with Crippen molar-refractivity contribution in [2.45, 2.75) is 18.9 Å². The maximum absolute atomic E-state index is 10.7. The zero-order valence-corrected chi connectivity index (χ0v) is 15.1. The summed E-state index contributed by atoms with van der Waals surface area (Å²) in [5.74, 6) is 1.47. The highest BCUT2D eigenvalue weighted by molar-refractivity contribution is 6.30. The molecule has 1 saturated heterocycles. The predicted molar refractivity (Wildman–Crippen MR) is 101 cm³/mol. The van der Waals surface area contributed by atoms with Crippen LogP contribution in [0.1, 0.15) is 12.8 Å². The molecule has 26 heavy (non-hydrogen) atoms. The van der Waals surface area contributed by atoms with Gasteiger partial charge in [-0.2, -0.15) is 0 Å². The third kappa shape index (κ3) is 5.31. The number of nitrogens with zero attached hydrogens (tertiary/aromatic N) is 3. The van der Waals surface area contributed by atoms with Crippen molar-refractivity contribution in [3.05, 3.63) is 57.7 Å². The van der Waals surface area contributed by atoms with Gasteiger partial charge in [0.1, 0.15) is 17.8 Å². The molecule has 1 aromatic heterocycles. The van der Waals surface area contributed by atoms with Gasteiger partial charge in [0.2, 0.25) is 0 Å². The van der Waals surface area contributed by atoms with Gasteiger partial charge in [-0.1, -0.05) is 17.7 Å². The van der Waals surface area contributed by atoms with Gasteiger partial charge in [0.05, 0.1) is 11.5 Å². The van der Waals surface area contributed by atoms with E-state index in [0.717, 1.165) is 38.2 Å². The molecule has 2 aromatic rings. The van der Waals surface area contributed by atoms with Crippen molar-refractivity contribution in [1.29, 1.82) is 0 Å². The lowest BCUT2D eigenvalue weighted by Gasteiger charge is -2.17. The van der Waals surface area contributed by atoms with Gasteiger partial charge in [-0.15, -0.1) is 0 Å². The van der Waals surface area contributed by atoms with Crippen LogP contribution in [0.5, 0.6) is 5.75 Å². The summed E-state index contributed by atoms with van der Waals surface area (Å²) in [4.78, 5) is 16.7. The Kier molecular flexibility index (Phi) is 6.25. The smallest absolute Gasteiger partial charge is 0.287 e. The number of nitro groups is 1. The molecule has 0 bridgehead atoms. The Balaban J connectivity index is 1.36. The second kappa shape index (κ2) is 8.82. The van der Waals surface area contributed by atoms with Gasteiger partial charge in [0.25, 0.3) is 5.69 Å². The first-order valence-electron chi connectivity index (χ1n) is 8.58. The summed E-state index contributed by atoms with van der Waals surface area (Å²) in [6.45, 7) is 3.56. The number of hydrogen-bond donors (Lipinski definition) is 1. The number of likely N-dealkylation sites (tertiary alicyclic amines) is 1. The molecule has 0 saturated carbocycles. The highest BCUT2D eigenvalue weighted by Gasteiger charge is 2.22. The quantitative estimate of drug-likeness (QED) is 0.430. The number of nitrogens with one attached hydrogen (secondary N) is 1. The summed E-state index contributed by atoms with van der Waals surface area (Å²) < 4.78 is 5.71. The van der Waals surface area contributed by atoms with E-state index >= 15 is 0 Å². The standard InChI is InChI=1S/C18H21ClN4O3/c19-14-3-1-4-17(11-14)26-10-2-8-22-9-7-15(13-22)21-18-6-5-16(12-20-18)23(24)25/h1,3-6,11-12,15H,2,7-10,13H2,(H,20,21). The predicted octanol–water partition coefficient (Wildman–Crippen LogP) is 3.60. The normalized spacial score (nSPS) is 17.2. The van der Waals surface area contributed by atoms with E-state index in [9.17, 15) is 10.1 Å². The summed E-state index contributed by atoms with van der Waals surface area (Å²) in [5.41, 5.74) is 0.00306. The first-order valence-corrected chi connectivity index (χ1v) is 8.95. The molecule has 1 aliphatic heterocycles. The topological polar surface area (TPSA) is 80.5 Å². The number of halogens is 1. The summed E-state index contributed by atoms with van der Waals surface area (Å²) in [6.07, 6.45) is 3.24. The van der Waals surface area contributed by atoms with E-state index in [2.05, 4.69) is 15.2 Å². The van der Waals surface area contributed by atoms with Crippen LogP contribution in [-0.2, 0) is 0 Å². The second-order valence-corrected chi connectivity index (χ2v) is 6.69. The Bertz CT molecular complexity index is 741. The minimum Gasteiger partial charge on any atom is -0.493 e. The number of anilines is 1. The summed E-state index contributed by atoms with van der Waals surface area (Å²) in [7, 11) is 0. The van der Waals surface area contributed by atoms with E-state index in [1.165, 1.54) is 12.3 Å². The average Bonchev–Trinajstić information content (AvgIpc) is 3.06. The summed E-state index contributed by atoms with van der Waals surface area (Å²) in [5, 5.41) is 14.7. The van der Waals surface area contributed by atoms with E-state index in [4.69, 9.17) is 16.3 Å². The highest BCUT2D eigenvalue weighted by Crippen LogP contribution is 2.18. The van der Waals surface area contributed by atoms with Crippen molar-refractivity contribution in [3.8, 4) is 5.75 Å². The molecule has 7 nitrogen and oxygen atoms in total. The molecule has 1 unspecified atom stereocenters. The van der Waals surface area contributed by atoms with Gasteiger partial charge in [-0.3, -0.25) is 10.1 Å². The molecule has 1 atom stereocenters. The molecule has 0 radical (unpaired) electrons. The van der Waals surface area contributed by atoms with E-state index in [1.54, 1.807) is 6.07 Å². The van der Waals surface area contributed by atoms with Crippen LogP contribution < -0.4 is 10.1 Å². The zero-order valence-electron chi connectivity index (χ0n) is 14.3. The van der Waals surface area contributed by atoms with Crippen molar-refractivity contribution >= 4 is 23.1 Å². The second-order valence-electron chi connectivity index (χ2n) is 6.25. The Morgan fingerprint density at radius 2 is 2.27 bits per heavy atom. The van der Waals surface area contributed by atoms with Crippen LogP contribution in [-0.4, -0.2) is 47.1 Å².